The topological polar surface area (TPSA) is 92.8 Å². The van der Waals surface area contributed by atoms with Crippen molar-refractivity contribution in [3.8, 4) is 5.75 Å². The van der Waals surface area contributed by atoms with Crippen LogP contribution in [0.25, 0.3) is 0 Å². The van der Waals surface area contributed by atoms with Gasteiger partial charge in [0.2, 0.25) is 0 Å². The van der Waals surface area contributed by atoms with Crippen LogP contribution in [-0.4, -0.2) is 57.1 Å². The van der Waals surface area contributed by atoms with Gasteiger partial charge in [-0.05, 0) is 18.2 Å². The first-order chi connectivity index (χ1) is 15.3. The molecule has 1 aliphatic heterocycles. The minimum Gasteiger partial charge on any atom is -0.482 e. The van der Waals surface area contributed by atoms with Crippen molar-refractivity contribution >= 4 is 44.9 Å². The Morgan fingerprint density at radius 2 is 1.70 bits per heavy atom. The van der Waals surface area contributed by atoms with Crippen LogP contribution in [-0.2, 0) is 14.6 Å². The number of hydrogen-bond acceptors (Lipinski definition) is 5. The van der Waals surface area contributed by atoms with E-state index in [0.29, 0.717) is 11.3 Å². The number of hydrogen-bond donors (Lipinski definition) is 1. The van der Waals surface area contributed by atoms with Crippen molar-refractivity contribution in [2.75, 3.05) is 26.0 Å². The predicted octanol–water partition coefficient (Wildman–Crippen LogP) is 2.97. The molecule has 0 aromatic heterocycles. The largest absolute Gasteiger partial charge is 0.482 e. The van der Waals surface area contributed by atoms with Gasteiger partial charge in [0.15, 0.2) is 39.7 Å². The molecule has 2 amide bonds. The Hall–Kier alpha value is -2.57. The Kier molecular flexibility index (Phi) is 7.10. The Labute approximate surface area is 195 Å². The summed E-state index contributed by atoms with van der Waals surface area (Å²) < 4.78 is 84.1. The summed E-state index contributed by atoms with van der Waals surface area (Å²) >= 11 is 11.7. The van der Waals surface area contributed by atoms with Gasteiger partial charge in [-0.1, -0.05) is 23.2 Å². The quantitative estimate of drug-likeness (QED) is 0.269. The molecule has 0 bridgehead atoms. The van der Waals surface area contributed by atoms with E-state index in [9.17, 15) is 35.6 Å². The lowest BCUT2D eigenvalue weighted by Crippen LogP contribution is -2.61. The van der Waals surface area contributed by atoms with Gasteiger partial charge < -0.3 is 15.0 Å². The number of amides is 2. The van der Waals surface area contributed by atoms with Crippen molar-refractivity contribution in [1.29, 1.82) is 0 Å². The molecule has 178 valence electrons. The Bertz CT molecular complexity index is 1250. The first kappa shape index (κ1) is 25.1. The second kappa shape index (κ2) is 9.35. The summed E-state index contributed by atoms with van der Waals surface area (Å²) in [5.41, 5.74) is -1.49. The molecule has 0 atom stereocenters. The highest BCUT2D eigenvalue weighted by Gasteiger charge is 2.37. The summed E-state index contributed by atoms with van der Waals surface area (Å²) in [4.78, 5) is 24.2. The fourth-order valence-electron chi connectivity index (χ4n) is 3.02. The van der Waals surface area contributed by atoms with Crippen LogP contribution in [0.5, 0.6) is 5.75 Å². The molecule has 1 aliphatic rings. The zero-order valence-electron chi connectivity index (χ0n) is 16.6. The van der Waals surface area contributed by atoms with Crippen molar-refractivity contribution in [2.45, 2.75) is 10.9 Å². The van der Waals surface area contributed by atoms with E-state index in [1.165, 1.54) is 23.1 Å². The summed E-state index contributed by atoms with van der Waals surface area (Å²) in [6.07, 6.45) is 0.412. The Balaban J connectivity index is 1.65. The molecular formula is C19H14Cl2F4N2O5S. The van der Waals surface area contributed by atoms with Crippen LogP contribution in [0.2, 0.25) is 10.0 Å². The SMILES string of the molecule is CS(=O)(=O)c1c(F)c(F)c(F)c(F)c1C(=O)NC1CN(C(=O)COc2ccc(Cl)cc2Cl)C1. The zero-order valence-corrected chi connectivity index (χ0v) is 18.9. The van der Waals surface area contributed by atoms with Gasteiger partial charge in [0, 0.05) is 24.4 Å². The number of carbonyl (C=O) groups excluding carboxylic acids is 2. The summed E-state index contributed by atoms with van der Waals surface area (Å²) in [7, 11) is -4.64. The summed E-state index contributed by atoms with van der Waals surface area (Å²) in [5.74, 6) is -10.8. The van der Waals surface area contributed by atoms with Gasteiger partial charge in [-0.25, -0.2) is 26.0 Å². The number of likely N-dealkylation sites (tertiary alicyclic amines) is 1. The number of benzene rings is 2. The lowest BCUT2D eigenvalue weighted by Gasteiger charge is -2.39. The fraction of sp³-hybridized carbons (Fsp3) is 0.263. The fourth-order valence-corrected chi connectivity index (χ4v) is 4.45. The maximum absolute atomic E-state index is 14.2. The van der Waals surface area contributed by atoms with Crippen molar-refractivity contribution < 1.29 is 40.3 Å². The summed E-state index contributed by atoms with van der Waals surface area (Å²) in [5, 5.41) is 2.72. The normalized spacial score (nSPS) is 14.1. The molecule has 1 saturated heterocycles. The van der Waals surface area contributed by atoms with Crippen LogP contribution >= 0.6 is 23.2 Å². The van der Waals surface area contributed by atoms with Crippen LogP contribution in [0.1, 0.15) is 10.4 Å². The van der Waals surface area contributed by atoms with Crippen LogP contribution in [0.15, 0.2) is 23.1 Å². The first-order valence-corrected chi connectivity index (χ1v) is 11.7. The summed E-state index contributed by atoms with van der Waals surface area (Å²) in [6.45, 7) is -0.558. The number of sulfone groups is 1. The average molecular weight is 529 g/mol. The molecule has 2 aromatic rings. The summed E-state index contributed by atoms with van der Waals surface area (Å²) in [6, 6.07) is 3.60. The van der Waals surface area contributed by atoms with Crippen LogP contribution in [0.3, 0.4) is 0 Å². The van der Waals surface area contributed by atoms with Crippen LogP contribution < -0.4 is 10.1 Å². The number of carbonyl (C=O) groups is 2. The molecule has 0 saturated carbocycles. The van der Waals surface area contributed by atoms with E-state index in [1.807, 2.05) is 0 Å². The number of rotatable bonds is 6. The molecule has 0 aliphatic carbocycles. The van der Waals surface area contributed by atoms with Crippen molar-refractivity contribution in [3.63, 3.8) is 0 Å². The van der Waals surface area contributed by atoms with Gasteiger partial charge in [-0.2, -0.15) is 0 Å². The van der Waals surface area contributed by atoms with Gasteiger partial charge >= 0.3 is 0 Å². The average Bonchev–Trinajstić information content (AvgIpc) is 2.69. The molecule has 1 N–H and O–H groups in total. The molecule has 33 heavy (non-hydrogen) atoms. The molecule has 7 nitrogen and oxygen atoms in total. The number of ether oxygens (including phenoxy) is 1. The number of nitrogens with zero attached hydrogens (tertiary/aromatic N) is 1. The van der Waals surface area contributed by atoms with Gasteiger partial charge in [0.05, 0.1) is 16.6 Å². The number of halogens is 6. The monoisotopic (exact) mass is 528 g/mol. The van der Waals surface area contributed by atoms with Gasteiger partial charge in [-0.15, -0.1) is 0 Å². The van der Waals surface area contributed by atoms with Gasteiger partial charge in [0.1, 0.15) is 10.6 Å². The van der Waals surface area contributed by atoms with Gasteiger partial charge in [-0.3, -0.25) is 9.59 Å². The molecule has 0 radical (unpaired) electrons. The van der Waals surface area contributed by atoms with E-state index in [2.05, 4.69) is 5.32 Å². The minimum absolute atomic E-state index is 0.0791. The molecule has 14 heteroatoms. The minimum atomic E-state index is -4.64. The molecule has 1 fully saturated rings. The molecule has 0 spiro atoms. The molecular weight excluding hydrogens is 515 g/mol. The van der Waals surface area contributed by atoms with Crippen LogP contribution in [0, 0.1) is 23.3 Å². The highest BCUT2D eigenvalue weighted by Crippen LogP contribution is 2.29. The van der Waals surface area contributed by atoms with Gasteiger partial charge in [0.25, 0.3) is 11.8 Å². The lowest BCUT2D eigenvalue weighted by molar-refractivity contribution is -0.138. The highest BCUT2D eigenvalue weighted by atomic mass is 35.5. The lowest BCUT2D eigenvalue weighted by atomic mass is 10.1. The number of nitrogens with one attached hydrogen (secondary N) is 1. The Morgan fingerprint density at radius 3 is 2.27 bits per heavy atom. The molecule has 2 aromatic carbocycles. The van der Waals surface area contributed by atoms with E-state index >= 15 is 0 Å². The van der Waals surface area contributed by atoms with E-state index in [0.717, 1.165) is 0 Å². The Morgan fingerprint density at radius 1 is 1.09 bits per heavy atom. The third-order valence-corrected chi connectivity index (χ3v) is 6.29. The van der Waals surface area contributed by atoms with E-state index in [4.69, 9.17) is 27.9 Å². The second-order valence-electron chi connectivity index (χ2n) is 7.06. The molecule has 0 unspecified atom stereocenters. The second-order valence-corrected chi connectivity index (χ2v) is 9.86. The first-order valence-electron chi connectivity index (χ1n) is 9.03. The third kappa shape index (κ3) is 5.17. The zero-order chi connectivity index (χ0) is 24.7. The van der Waals surface area contributed by atoms with Crippen molar-refractivity contribution in [2.24, 2.45) is 0 Å². The van der Waals surface area contributed by atoms with E-state index in [1.54, 1.807) is 0 Å². The standard InChI is InChI=1S/C19H14Cl2F4N2O5S/c1-33(30,31)18-13(14(22)15(23)16(24)17(18)25)19(29)26-9-5-27(6-9)12(28)7-32-11-3-2-8(20)4-10(11)21/h2-4,9H,5-7H2,1H3,(H,26,29). The van der Waals surface area contributed by atoms with E-state index < -0.39 is 68.0 Å². The van der Waals surface area contributed by atoms with Crippen LogP contribution in [0.4, 0.5) is 17.6 Å². The van der Waals surface area contributed by atoms with Crippen molar-refractivity contribution in [1.82, 2.24) is 10.2 Å². The third-order valence-electron chi connectivity index (χ3n) is 4.64. The maximum atomic E-state index is 14.2. The predicted molar refractivity (Wildman–Crippen MR) is 109 cm³/mol. The molecule has 1 heterocycles. The van der Waals surface area contributed by atoms with Crippen molar-refractivity contribution in [3.05, 3.63) is 57.1 Å². The smallest absolute Gasteiger partial charge is 0.260 e. The highest BCUT2D eigenvalue weighted by molar-refractivity contribution is 7.90. The van der Waals surface area contributed by atoms with E-state index in [-0.39, 0.29) is 23.9 Å². The molecule has 3 rings (SSSR count). The maximum Gasteiger partial charge on any atom is 0.260 e.